The molecule has 2 aromatic rings. The highest BCUT2D eigenvalue weighted by molar-refractivity contribution is 8.24. The van der Waals surface area contributed by atoms with E-state index in [0.717, 1.165) is 0 Å². The molecule has 4 rings (SSSR count). The molecule has 2 aliphatic heterocycles. The molecule has 0 spiro atoms. The maximum absolute atomic E-state index is 10.6. The molecule has 1 atom stereocenters. The molecule has 0 radical (unpaired) electrons. The smallest absolute Gasteiger partial charge is 0.238 e. The monoisotopic (exact) mass is 539 g/mol. The van der Waals surface area contributed by atoms with E-state index >= 15 is 0 Å². The minimum atomic E-state index is 0.0162. The van der Waals surface area contributed by atoms with E-state index in [9.17, 15) is 9.59 Å². The van der Waals surface area contributed by atoms with Crippen LogP contribution in [0.2, 0.25) is 0 Å². The van der Waals surface area contributed by atoms with Crippen molar-refractivity contribution in [2.45, 2.75) is 39.9 Å². The molecule has 9 heteroatoms. The highest BCUT2D eigenvalue weighted by atomic mass is 32.2. The molecule has 2 amide bonds. The molecule has 2 aromatic carbocycles. The molecule has 5 nitrogen and oxygen atoms in total. The Morgan fingerprint density at radius 2 is 1.32 bits per heavy atom. The van der Waals surface area contributed by atoms with E-state index in [-0.39, 0.29) is 17.1 Å². The molecule has 2 heterocycles. The number of carbonyl (C=O) groups excluding carboxylic acids is 2. The number of nitrogens with two attached hydrogens (primary N) is 1. The van der Waals surface area contributed by atoms with Crippen LogP contribution in [0.4, 0.5) is 0 Å². The summed E-state index contributed by atoms with van der Waals surface area (Å²) in [5.74, 6) is 0.662. The lowest BCUT2D eigenvalue weighted by Gasteiger charge is -2.03. The van der Waals surface area contributed by atoms with Gasteiger partial charge in [-0.15, -0.1) is 0 Å². The molecular weight excluding hydrogens is 503 g/mol. The van der Waals surface area contributed by atoms with Gasteiger partial charge in [0.1, 0.15) is 8.64 Å². The Morgan fingerprint density at radius 1 is 0.912 bits per heavy atom. The first-order valence-electron chi connectivity index (χ1n) is 10.8. The summed E-state index contributed by atoms with van der Waals surface area (Å²) in [7, 11) is 3.20. The van der Waals surface area contributed by atoms with Gasteiger partial charge in [0.05, 0.1) is 11.0 Å². The lowest BCUT2D eigenvalue weighted by Crippen LogP contribution is -2.22. The van der Waals surface area contributed by atoms with Gasteiger partial charge < -0.3 is 16.0 Å². The number of thiocarbonyl (C=S) groups is 2. The fourth-order valence-electron chi connectivity index (χ4n) is 1.93. The summed E-state index contributed by atoms with van der Waals surface area (Å²) in [5.41, 5.74) is 7.14. The molecule has 0 bridgehead atoms. The average molecular weight is 540 g/mol. The lowest BCUT2D eigenvalue weighted by molar-refractivity contribution is -0.123. The highest BCUT2D eigenvalue weighted by Crippen LogP contribution is 2.17. The third kappa shape index (κ3) is 16.8. The first-order chi connectivity index (χ1) is 16.2. The molecule has 3 N–H and O–H groups in total. The fraction of sp³-hybridized carbons (Fsp3) is 0.360. The van der Waals surface area contributed by atoms with Crippen LogP contribution >= 0.6 is 48.0 Å². The van der Waals surface area contributed by atoms with Crippen molar-refractivity contribution in [2.75, 3.05) is 19.8 Å². The van der Waals surface area contributed by atoms with Crippen LogP contribution < -0.4 is 11.1 Å². The Bertz CT molecular complexity index is 793. The van der Waals surface area contributed by atoms with Crippen LogP contribution in [0.15, 0.2) is 60.7 Å². The second-order valence-electron chi connectivity index (χ2n) is 6.35. The summed E-state index contributed by atoms with van der Waals surface area (Å²) in [4.78, 5) is 22.7. The minimum absolute atomic E-state index is 0.0162. The van der Waals surface area contributed by atoms with Crippen LogP contribution in [0.5, 0.6) is 0 Å². The first-order valence-corrected chi connectivity index (χ1v) is 13.4. The van der Waals surface area contributed by atoms with Gasteiger partial charge in [-0.3, -0.25) is 9.59 Å². The number of benzene rings is 2. The Balaban J connectivity index is 0. The largest absolute Gasteiger partial charge is 0.333 e. The zero-order valence-corrected chi connectivity index (χ0v) is 24.3. The van der Waals surface area contributed by atoms with Crippen molar-refractivity contribution in [3.05, 3.63) is 71.8 Å². The molecule has 0 aliphatic carbocycles. The summed E-state index contributed by atoms with van der Waals surface area (Å²) in [6.07, 6.45) is 0. The molecule has 1 unspecified atom stereocenters. The quantitative estimate of drug-likeness (QED) is 0.423. The number of thioether (sulfide) groups is 2. The van der Waals surface area contributed by atoms with Crippen LogP contribution in [-0.2, 0) is 9.59 Å². The highest BCUT2D eigenvalue weighted by Gasteiger charge is 2.23. The summed E-state index contributed by atoms with van der Waals surface area (Å²) < 4.78 is 1.29. The molecule has 0 saturated carbocycles. The Hall–Kier alpha value is -1.78. The summed E-state index contributed by atoms with van der Waals surface area (Å²) in [5, 5.41) is 2.54. The summed E-state index contributed by atoms with van der Waals surface area (Å²) in [6.45, 7) is 10.00. The van der Waals surface area contributed by atoms with Crippen molar-refractivity contribution in [1.82, 2.24) is 10.2 Å². The fourth-order valence-corrected chi connectivity index (χ4v) is 4.13. The number of hydrogen-bond acceptors (Lipinski definition) is 7. The van der Waals surface area contributed by atoms with Gasteiger partial charge in [0.15, 0.2) is 0 Å². The maximum atomic E-state index is 10.6. The Kier molecular flexibility index (Phi) is 22.0. The molecule has 2 saturated heterocycles. The van der Waals surface area contributed by atoms with E-state index in [2.05, 4.69) is 49.2 Å². The topological polar surface area (TPSA) is 75.4 Å². The minimum Gasteiger partial charge on any atom is -0.333 e. The zero-order chi connectivity index (χ0) is 26.5. The third-order valence-electron chi connectivity index (χ3n) is 3.73. The normalized spacial score (nSPS) is 15.4. The van der Waals surface area contributed by atoms with Crippen LogP contribution in [0.1, 0.15) is 31.9 Å². The second-order valence-corrected chi connectivity index (χ2v) is 9.98. The predicted octanol–water partition coefficient (Wildman–Crippen LogP) is 5.59. The predicted molar refractivity (Wildman–Crippen MR) is 159 cm³/mol. The van der Waals surface area contributed by atoms with E-state index in [1.54, 1.807) is 7.05 Å². The second kappa shape index (κ2) is 21.7. The Labute approximate surface area is 224 Å². The van der Waals surface area contributed by atoms with Gasteiger partial charge in [-0.05, 0) is 27.8 Å². The SMILES string of the molecule is CC.CC1SC(=S)NC1=O.CN.CN1C(=O)CSC1=S.Cc1ccccc1.Cc1ccccc1. The van der Waals surface area contributed by atoms with E-state index in [0.29, 0.717) is 14.4 Å². The maximum Gasteiger partial charge on any atom is 0.238 e. The number of nitrogens with one attached hydrogen (secondary N) is 1. The van der Waals surface area contributed by atoms with Gasteiger partial charge in [-0.2, -0.15) is 0 Å². The van der Waals surface area contributed by atoms with Gasteiger partial charge in [-0.1, -0.05) is 134 Å². The summed E-state index contributed by atoms with van der Waals surface area (Å²) >= 11 is 12.3. The summed E-state index contributed by atoms with van der Waals surface area (Å²) in [6, 6.07) is 20.5. The van der Waals surface area contributed by atoms with Crippen molar-refractivity contribution < 1.29 is 9.59 Å². The van der Waals surface area contributed by atoms with E-state index in [1.165, 1.54) is 46.6 Å². The number of rotatable bonds is 0. The van der Waals surface area contributed by atoms with E-state index < -0.39 is 0 Å². The van der Waals surface area contributed by atoms with Crippen LogP contribution in [0, 0.1) is 13.8 Å². The van der Waals surface area contributed by atoms with Gasteiger partial charge in [-0.25, -0.2) is 0 Å². The van der Waals surface area contributed by atoms with Gasteiger partial charge in [0, 0.05) is 7.05 Å². The number of amides is 2. The third-order valence-corrected chi connectivity index (χ3v) is 6.54. The molecule has 0 aromatic heterocycles. The number of aryl methyl sites for hydroxylation is 2. The molecule has 34 heavy (non-hydrogen) atoms. The van der Waals surface area contributed by atoms with E-state index in [4.69, 9.17) is 24.4 Å². The number of carbonyl (C=O) groups is 2. The van der Waals surface area contributed by atoms with Crippen LogP contribution in [0.25, 0.3) is 0 Å². The van der Waals surface area contributed by atoms with Crippen molar-refractivity contribution >= 4 is 68.4 Å². The van der Waals surface area contributed by atoms with Crippen molar-refractivity contribution in [1.29, 1.82) is 0 Å². The van der Waals surface area contributed by atoms with Crippen molar-refractivity contribution in [3.8, 4) is 0 Å². The zero-order valence-electron chi connectivity index (χ0n) is 21.0. The molecule has 2 fully saturated rings. The molecular formula is C25H37N3O2S4. The van der Waals surface area contributed by atoms with Crippen LogP contribution in [0.3, 0.4) is 0 Å². The van der Waals surface area contributed by atoms with Crippen molar-refractivity contribution in [2.24, 2.45) is 5.73 Å². The number of nitrogens with zero attached hydrogens (tertiary/aromatic N) is 1. The standard InChI is InChI=1S/2C7H8.2C4H5NOS2.C2H6.CH5N/c2*1-7-5-3-2-4-6-7;1-5-3(6)2-8-4(5)7;1-2-3(6)5-4(7)8-2;2*1-2/h2*2-6H,1H3;2H2,1H3;2H,1H3,(H,5,6,7);1-2H3;2H2,1H3. The van der Waals surface area contributed by atoms with Crippen molar-refractivity contribution in [3.63, 3.8) is 0 Å². The first kappa shape index (κ1) is 34.4. The van der Waals surface area contributed by atoms with E-state index in [1.807, 2.05) is 57.2 Å². The molecule has 188 valence electrons. The molecule has 2 aliphatic rings. The van der Waals surface area contributed by atoms with Gasteiger partial charge in [0.2, 0.25) is 11.8 Å². The Morgan fingerprint density at radius 3 is 1.44 bits per heavy atom. The van der Waals surface area contributed by atoms with Gasteiger partial charge in [0.25, 0.3) is 0 Å². The van der Waals surface area contributed by atoms with Gasteiger partial charge >= 0.3 is 0 Å². The number of hydrogen-bond donors (Lipinski definition) is 2. The van der Waals surface area contributed by atoms with Crippen LogP contribution in [-0.4, -0.2) is 50.5 Å². The average Bonchev–Trinajstić information content (AvgIpc) is 3.31. The lowest BCUT2D eigenvalue weighted by atomic mass is 10.2.